The molecule has 0 bridgehead atoms. The van der Waals surface area contributed by atoms with E-state index in [0.717, 1.165) is 13.1 Å². The van der Waals surface area contributed by atoms with Crippen LogP contribution in [0.25, 0.3) is 12.2 Å². The van der Waals surface area contributed by atoms with Gasteiger partial charge >= 0.3 is 0 Å². The Bertz CT molecular complexity index is 584. The molecule has 1 heteroatoms. The molecule has 0 fully saturated rings. The van der Waals surface area contributed by atoms with Crippen LogP contribution in [0, 0.1) is 0 Å². The van der Waals surface area contributed by atoms with Crippen LogP contribution in [0.4, 0.5) is 5.69 Å². The SMILES string of the molecule is CCN1Cc2ccccc2/C=C\c2ccccc21. The van der Waals surface area contributed by atoms with Gasteiger partial charge in [-0.3, -0.25) is 0 Å². The summed E-state index contributed by atoms with van der Waals surface area (Å²) in [5, 5.41) is 0. The van der Waals surface area contributed by atoms with E-state index in [4.69, 9.17) is 0 Å². The van der Waals surface area contributed by atoms with E-state index in [-0.39, 0.29) is 0 Å². The molecule has 1 nitrogen and oxygen atoms in total. The van der Waals surface area contributed by atoms with Gasteiger partial charge in [0.15, 0.2) is 0 Å². The smallest absolute Gasteiger partial charge is 0.0442 e. The first-order valence-corrected chi connectivity index (χ1v) is 6.48. The molecule has 18 heavy (non-hydrogen) atoms. The Morgan fingerprint density at radius 1 is 0.889 bits per heavy atom. The molecule has 0 atom stereocenters. The molecule has 90 valence electrons. The van der Waals surface area contributed by atoms with Crippen molar-refractivity contribution in [3.05, 3.63) is 65.2 Å². The van der Waals surface area contributed by atoms with E-state index >= 15 is 0 Å². The van der Waals surface area contributed by atoms with Crippen molar-refractivity contribution in [2.45, 2.75) is 13.5 Å². The highest BCUT2D eigenvalue weighted by Gasteiger charge is 2.12. The summed E-state index contributed by atoms with van der Waals surface area (Å²) in [7, 11) is 0. The molecule has 3 rings (SSSR count). The normalized spacial score (nSPS) is 15.3. The van der Waals surface area contributed by atoms with Crippen LogP contribution < -0.4 is 4.90 Å². The zero-order valence-electron chi connectivity index (χ0n) is 10.6. The van der Waals surface area contributed by atoms with E-state index in [0.29, 0.717) is 0 Å². The van der Waals surface area contributed by atoms with E-state index < -0.39 is 0 Å². The van der Waals surface area contributed by atoms with E-state index in [2.05, 4.69) is 72.5 Å². The van der Waals surface area contributed by atoms with Gasteiger partial charge in [-0.15, -0.1) is 0 Å². The first-order chi connectivity index (χ1) is 8.88. The van der Waals surface area contributed by atoms with Crippen LogP contribution in [0.1, 0.15) is 23.6 Å². The second-order valence-electron chi connectivity index (χ2n) is 4.61. The zero-order chi connectivity index (χ0) is 12.4. The quantitative estimate of drug-likeness (QED) is 0.716. The van der Waals surface area contributed by atoms with Gasteiger partial charge in [0.1, 0.15) is 0 Å². The second-order valence-corrected chi connectivity index (χ2v) is 4.61. The molecule has 0 radical (unpaired) electrons. The second kappa shape index (κ2) is 4.69. The molecule has 2 aromatic rings. The average molecular weight is 235 g/mol. The highest BCUT2D eigenvalue weighted by Crippen LogP contribution is 2.28. The summed E-state index contributed by atoms with van der Waals surface area (Å²) in [5.41, 5.74) is 5.34. The van der Waals surface area contributed by atoms with E-state index in [1.807, 2.05) is 0 Å². The number of rotatable bonds is 1. The molecule has 1 aliphatic rings. The van der Waals surface area contributed by atoms with Gasteiger partial charge in [0.25, 0.3) is 0 Å². The highest BCUT2D eigenvalue weighted by molar-refractivity contribution is 5.79. The summed E-state index contributed by atoms with van der Waals surface area (Å²) in [6.07, 6.45) is 4.44. The third-order valence-electron chi connectivity index (χ3n) is 3.52. The van der Waals surface area contributed by atoms with E-state index in [1.54, 1.807) is 0 Å². The fourth-order valence-corrected chi connectivity index (χ4v) is 2.51. The maximum Gasteiger partial charge on any atom is 0.0442 e. The number of para-hydroxylation sites is 1. The lowest BCUT2D eigenvalue weighted by atomic mass is 10.0. The van der Waals surface area contributed by atoms with Crippen LogP contribution in [-0.2, 0) is 6.54 Å². The first-order valence-electron chi connectivity index (χ1n) is 6.48. The summed E-state index contributed by atoms with van der Waals surface area (Å²) in [6.45, 7) is 4.22. The Morgan fingerprint density at radius 2 is 1.56 bits per heavy atom. The van der Waals surface area contributed by atoms with Gasteiger partial charge in [0.05, 0.1) is 0 Å². The number of anilines is 1. The summed E-state index contributed by atoms with van der Waals surface area (Å²) < 4.78 is 0. The van der Waals surface area contributed by atoms with Gasteiger partial charge in [0.2, 0.25) is 0 Å². The zero-order valence-corrected chi connectivity index (χ0v) is 10.6. The molecule has 0 aromatic heterocycles. The van der Waals surface area contributed by atoms with Crippen molar-refractivity contribution in [2.24, 2.45) is 0 Å². The molecule has 0 saturated carbocycles. The molecule has 2 aromatic carbocycles. The molecule has 1 aliphatic heterocycles. The van der Waals surface area contributed by atoms with E-state index in [9.17, 15) is 0 Å². The molecule has 0 amide bonds. The monoisotopic (exact) mass is 235 g/mol. The minimum absolute atomic E-state index is 0.980. The molecular formula is C17H17N. The Balaban J connectivity index is 2.15. The molecule has 0 N–H and O–H groups in total. The fraction of sp³-hybridized carbons (Fsp3) is 0.176. The van der Waals surface area contributed by atoms with Crippen molar-refractivity contribution >= 4 is 17.8 Å². The molecule has 0 unspecified atom stereocenters. The summed E-state index contributed by atoms with van der Waals surface area (Å²) in [4.78, 5) is 2.43. The Labute approximate surface area is 108 Å². The van der Waals surface area contributed by atoms with Gasteiger partial charge in [-0.05, 0) is 29.7 Å². The number of benzene rings is 2. The lowest BCUT2D eigenvalue weighted by molar-refractivity contribution is 0.829. The van der Waals surface area contributed by atoms with Gasteiger partial charge in [0, 0.05) is 18.8 Å². The Hall–Kier alpha value is -2.02. The third-order valence-corrected chi connectivity index (χ3v) is 3.52. The van der Waals surface area contributed by atoms with Crippen LogP contribution in [-0.4, -0.2) is 6.54 Å². The van der Waals surface area contributed by atoms with Crippen molar-refractivity contribution in [1.29, 1.82) is 0 Å². The van der Waals surface area contributed by atoms with Crippen molar-refractivity contribution in [3.8, 4) is 0 Å². The maximum atomic E-state index is 2.43. The molecule has 1 heterocycles. The molecule has 0 spiro atoms. The summed E-state index contributed by atoms with van der Waals surface area (Å²) in [5.74, 6) is 0. The van der Waals surface area contributed by atoms with Crippen LogP contribution in [0.3, 0.4) is 0 Å². The number of fused-ring (bicyclic) bond motifs is 2. The Morgan fingerprint density at radius 3 is 2.39 bits per heavy atom. The predicted octanol–water partition coefficient (Wildman–Crippen LogP) is 4.20. The van der Waals surface area contributed by atoms with Gasteiger partial charge in [-0.25, -0.2) is 0 Å². The molecular weight excluding hydrogens is 218 g/mol. The average Bonchev–Trinajstić information content (AvgIpc) is 2.41. The van der Waals surface area contributed by atoms with Crippen LogP contribution in [0.5, 0.6) is 0 Å². The largest absolute Gasteiger partial charge is 0.367 e. The standard InChI is InChI=1S/C17H17N/c1-2-18-13-16-9-4-3-7-14(16)11-12-15-8-5-6-10-17(15)18/h3-12H,2,13H2,1H3/b12-11-. The lowest BCUT2D eigenvalue weighted by Gasteiger charge is -2.27. The third kappa shape index (κ3) is 1.92. The van der Waals surface area contributed by atoms with Crippen molar-refractivity contribution in [1.82, 2.24) is 0 Å². The van der Waals surface area contributed by atoms with Crippen LogP contribution >= 0.6 is 0 Å². The maximum absolute atomic E-state index is 2.43. The lowest BCUT2D eigenvalue weighted by Crippen LogP contribution is -2.23. The minimum atomic E-state index is 0.980. The van der Waals surface area contributed by atoms with Gasteiger partial charge in [-0.2, -0.15) is 0 Å². The van der Waals surface area contributed by atoms with Crippen LogP contribution in [0.2, 0.25) is 0 Å². The molecule has 0 saturated heterocycles. The van der Waals surface area contributed by atoms with Crippen molar-refractivity contribution in [3.63, 3.8) is 0 Å². The van der Waals surface area contributed by atoms with Crippen LogP contribution in [0.15, 0.2) is 48.5 Å². The fourth-order valence-electron chi connectivity index (χ4n) is 2.51. The Kier molecular flexibility index (Phi) is 2.89. The first kappa shape index (κ1) is 11.1. The van der Waals surface area contributed by atoms with E-state index in [1.165, 1.54) is 22.4 Å². The van der Waals surface area contributed by atoms with Crippen molar-refractivity contribution < 1.29 is 0 Å². The number of hydrogen-bond donors (Lipinski definition) is 0. The summed E-state index contributed by atoms with van der Waals surface area (Å²) in [6, 6.07) is 17.2. The molecule has 0 aliphatic carbocycles. The predicted molar refractivity (Wildman–Crippen MR) is 78.5 cm³/mol. The minimum Gasteiger partial charge on any atom is -0.367 e. The highest BCUT2D eigenvalue weighted by atomic mass is 15.1. The topological polar surface area (TPSA) is 3.24 Å². The van der Waals surface area contributed by atoms with Gasteiger partial charge < -0.3 is 4.90 Å². The number of nitrogens with zero attached hydrogens (tertiary/aromatic N) is 1. The number of hydrogen-bond acceptors (Lipinski definition) is 1. The summed E-state index contributed by atoms with van der Waals surface area (Å²) >= 11 is 0. The van der Waals surface area contributed by atoms with Gasteiger partial charge in [-0.1, -0.05) is 54.6 Å². The van der Waals surface area contributed by atoms with Crippen molar-refractivity contribution in [2.75, 3.05) is 11.4 Å².